The van der Waals surface area contributed by atoms with E-state index in [1.54, 1.807) is 61.7 Å². The van der Waals surface area contributed by atoms with Crippen LogP contribution in [-0.4, -0.2) is 45.3 Å². The Hall–Kier alpha value is -3.40. The second-order valence-electron chi connectivity index (χ2n) is 7.94. The van der Waals surface area contributed by atoms with Crippen molar-refractivity contribution < 1.29 is 22.7 Å². The van der Waals surface area contributed by atoms with Gasteiger partial charge in [0, 0.05) is 23.4 Å². The van der Waals surface area contributed by atoms with E-state index < -0.39 is 16.0 Å². The van der Waals surface area contributed by atoms with Gasteiger partial charge in [-0.15, -0.1) is 16.8 Å². The molecular weight excluding hydrogens is 502 g/mol. The number of amidine groups is 1. The van der Waals surface area contributed by atoms with Crippen LogP contribution in [0.4, 0.5) is 5.69 Å². The molecule has 0 atom stereocenters. The third-order valence-electron chi connectivity index (χ3n) is 5.77. The number of nitrogens with zero attached hydrogens (tertiary/aromatic N) is 2. The molecule has 1 N–H and O–H groups in total. The van der Waals surface area contributed by atoms with Crippen molar-refractivity contribution in [3.8, 4) is 11.5 Å². The summed E-state index contributed by atoms with van der Waals surface area (Å²) in [7, 11) is -2.17. The zero-order valence-electron chi connectivity index (χ0n) is 20.2. The number of halogens is 1. The summed E-state index contributed by atoms with van der Waals surface area (Å²) in [5.41, 5.74) is 2.36. The van der Waals surface area contributed by atoms with Crippen LogP contribution in [0.1, 0.15) is 35.3 Å². The van der Waals surface area contributed by atoms with Gasteiger partial charge in [-0.05, 0) is 67.7 Å². The number of nitrogens with one attached hydrogen (secondary N) is 1. The van der Waals surface area contributed by atoms with Crippen LogP contribution >= 0.6 is 12.4 Å². The highest BCUT2D eigenvalue weighted by Gasteiger charge is 2.28. The van der Waals surface area contributed by atoms with E-state index in [1.165, 1.54) is 6.07 Å². The lowest BCUT2D eigenvalue weighted by atomic mass is 10.1. The van der Waals surface area contributed by atoms with Gasteiger partial charge in [0.2, 0.25) is 0 Å². The van der Waals surface area contributed by atoms with Gasteiger partial charge in [-0.2, -0.15) is 8.42 Å². The van der Waals surface area contributed by atoms with Gasteiger partial charge in [-0.3, -0.25) is 4.90 Å². The SMILES string of the molecule is CCN(CC)Cc1cc(NC2=NS(=O)(=O)c3ccccc32)ccc1OC(=O)c1ccc(OC)cc1.Cl. The first kappa shape index (κ1) is 27.2. The van der Waals surface area contributed by atoms with Crippen molar-refractivity contribution in [3.63, 3.8) is 0 Å². The molecule has 0 aliphatic carbocycles. The molecule has 0 amide bonds. The van der Waals surface area contributed by atoms with Crippen LogP contribution in [0.25, 0.3) is 0 Å². The quantitative estimate of drug-likeness (QED) is 0.332. The van der Waals surface area contributed by atoms with Gasteiger partial charge in [0.25, 0.3) is 10.0 Å². The third-order valence-corrected chi connectivity index (χ3v) is 7.11. The number of ether oxygens (including phenoxy) is 2. The molecule has 36 heavy (non-hydrogen) atoms. The number of anilines is 1. The number of methoxy groups -OCH3 is 1. The number of esters is 1. The molecule has 3 aromatic rings. The predicted octanol–water partition coefficient (Wildman–Crippen LogP) is 4.74. The molecule has 4 rings (SSSR count). The minimum atomic E-state index is -3.73. The maximum absolute atomic E-state index is 12.8. The lowest BCUT2D eigenvalue weighted by Gasteiger charge is -2.21. The van der Waals surface area contributed by atoms with Crippen LogP contribution in [0, 0.1) is 0 Å². The third kappa shape index (κ3) is 5.87. The average molecular weight is 530 g/mol. The lowest BCUT2D eigenvalue weighted by Crippen LogP contribution is -2.23. The summed E-state index contributed by atoms with van der Waals surface area (Å²) in [6.45, 7) is 6.30. The van der Waals surface area contributed by atoms with Crippen LogP contribution in [-0.2, 0) is 16.6 Å². The molecule has 1 aliphatic rings. The molecule has 0 radical (unpaired) electrons. The minimum Gasteiger partial charge on any atom is -0.497 e. The van der Waals surface area contributed by atoms with Gasteiger partial charge in [0.05, 0.1) is 12.7 Å². The highest BCUT2D eigenvalue weighted by atomic mass is 35.5. The van der Waals surface area contributed by atoms with Crippen LogP contribution in [0.5, 0.6) is 11.5 Å². The monoisotopic (exact) mass is 529 g/mol. The van der Waals surface area contributed by atoms with Crippen molar-refractivity contribution in [3.05, 3.63) is 83.4 Å². The molecule has 1 heterocycles. The van der Waals surface area contributed by atoms with E-state index in [-0.39, 0.29) is 23.1 Å². The highest BCUT2D eigenvalue weighted by Crippen LogP contribution is 2.29. The fourth-order valence-electron chi connectivity index (χ4n) is 3.79. The number of rotatable bonds is 8. The van der Waals surface area contributed by atoms with Gasteiger partial charge in [0.1, 0.15) is 16.4 Å². The Kier molecular flexibility index (Phi) is 8.73. The molecule has 3 aromatic carbocycles. The Bertz CT molecular complexity index is 1370. The summed E-state index contributed by atoms with van der Waals surface area (Å²) in [4.78, 5) is 15.2. The van der Waals surface area contributed by atoms with E-state index in [0.717, 1.165) is 18.7 Å². The van der Waals surface area contributed by atoms with E-state index in [1.807, 2.05) is 6.07 Å². The highest BCUT2D eigenvalue weighted by molar-refractivity contribution is 7.90. The minimum absolute atomic E-state index is 0. The number of benzene rings is 3. The maximum atomic E-state index is 12.8. The molecule has 0 bridgehead atoms. The van der Waals surface area contributed by atoms with Crippen molar-refractivity contribution in [2.75, 3.05) is 25.5 Å². The van der Waals surface area contributed by atoms with Crippen LogP contribution in [0.2, 0.25) is 0 Å². The van der Waals surface area contributed by atoms with Gasteiger partial charge in [-0.1, -0.05) is 26.0 Å². The lowest BCUT2D eigenvalue weighted by molar-refractivity contribution is 0.0731. The van der Waals surface area contributed by atoms with Crippen molar-refractivity contribution in [1.29, 1.82) is 0 Å². The first-order valence-electron chi connectivity index (χ1n) is 11.3. The normalized spacial score (nSPS) is 13.4. The fraction of sp³-hybridized carbons (Fsp3) is 0.231. The Morgan fingerprint density at radius 1 is 1.00 bits per heavy atom. The van der Waals surface area contributed by atoms with Gasteiger partial charge in [-0.25, -0.2) is 4.79 Å². The van der Waals surface area contributed by atoms with Crippen molar-refractivity contribution in [1.82, 2.24) is 4.90 Å². The molecular formula is C26H28ClN3O5S. The first-order valence-corrected chi connectivity index (χ1v) is 12.7. The van der Waals surface area contributed by atoms with Crippen LogP contribution in [0.15, 0.2) is 76.0 Å². The van der Waals surface area contributed by atoms with E-state index in [9.17, 15) is 13.2 Å². The number of carbonyl (C=O) groups is 1. The average Bonchev–Trinajstić information content (AvgIpc) is 3.13. The van der Waals surface area contributed by atoms with E-state index >= 15 is 0 Å². The first-order chi connectivity index (χ1) is 16.8. The molecule has 0 unspecified atom stereocenters. The molecule has 190 valence electrons. The summed E-state index contributed by atoms with van der Waals surface area (Å²) in [6, 6.07) is 18.7. The van der Waals surface area contributed by atoms with Gasteiger partial charge < -0.3 is 14.8 Å². The van der Waals surface area contributed by atoms with Gasteiger partial charge in [0.15, 0.2) is 5.84 Å². The van der Waals surface area contributed by atoms with Gasteiger partial charge >= 0.3 is 5.97 Å². The number of hydrogen-bond acceptors (Lipinski definition) is 7. The summed E-state index contributed by atoms with van der Waals surface area (Å²) >= 11 is 0. The van der Waals surface area contributed by atoms with Crippen molar-refractivity contribution in [2.45, 2.75) is 25.3 Å². The Balaban J connectivity index is 0.00000361. The number of fused-ring (bicyclic) bond motifs is 1. The second-order valence-corrected chi connectivity index (χ2v) is 9.51. The molecule has 0 saturated carbocycles. The molecule has 0 fully saturated rings. The largest absolute Gasteiger partial charge is 0.497 e. The van der Waals surface area contributed by atoms with Crippen LogP contribution < -0.4 is 14.8 Å². The summed E-state index contributed by atoms with van der Waals surface area (Å²) in [5.74, 6) is 0.869. The fourth-order valence-corrected chi connectivity index (χ4v) is 4.96. The number of sulfonamides is 1. The number of hydrogen-bond donors (Lipinski definition) is 1. The smallest absolute Gasteiger partial charge is 0.343 e. The standard InChI is InChI=1S/C26H27N3O5S.ClH/c1-4-29(5-2)17-19-16-20(27-25-22-8-6-7-9-24(22)35(31,32)28-25)12-15-23(19)34-26(30)18-10-13-21(33-3)14-11-18;/h6-16H,4-5,17H2,1-3H3,(H,27,28);1H. The molecule has 10 heteroatoms. The predicted molar refractivity (Wildman–Crippen MR) is 142 cm³/mol. The Labute approximate surface area is 217 Å². The molecule has 0 spiro atoms. The summed E-state index contributed by atoms with van der Waals surface area (Å²) in [6.07, 6.45) is 0. The maximum Gasteiger partial charge on any atom is 0.343 e. The summed E-state index contributed by atoms with van der Waals surface area (Å²) < 4.78 is 39.6. The zero-order valence-corrected chi connectivity index (χ0v) is 21.9. The van der Waals surface area contributed by atoms with Crippen molar-refractivity contribution in [2.24, 2.45) is 4.40 Å². The summed E-state index contributed by atoms with van der Waals surface area (Å²) in [5, 5.41) is 3.13. The molecule has 1 aliphatic heterocycles. The Morgan fingerprint density at radius 2 is 1.69 bits per heavy atom. The van der Waals surface area contributed by atoms with E-state index in [0.29, 0.717) is 34.9 Å². The number of carbonyl (C=O) groups excluding carboxylic acids is 1. The molecule has 0 aromatic heterocycles. The molecule has 0 saturated heterocycles. The van der Waals surface area contributed by atoms with Crippen molar-refractivity contribution >= 4 is 39.9 Å². The van der Waals surface area contributed by atoms with Crippen LogP contribution in [0.3, 0.4) is 0 Å². The molecule has 8 nitrogen and oxygen atoms in total. The van der Waals surface area contributed by atoms with E-state index in [2.05, 4.69) is 28.5 Å². The Morgan fingerprint density at radius 3 is 2.36 bits per heavy atom. The topological polar surface area (TPSA) is 97.3 Å². The van der Waals surface area contributed by atoms with E-state index in [4.69, 9.17) is 9.47 Å². The second kappa shape index (κ2) is 11.6. The zero-order chi connectivity index (χ0) is 25.0.